The largest absolute Gasteiger partial charge is 0.452 e. The number of nitrogens with one attached hydrogen (secondary N) is 1. The van der Waals surface area contributed by atoms with E-state index in [1.807, 2.05) is 0 Å². The molecule has 0 heterocycles. The zero-order chi connectivity index (χ0) is 20.1. The lowest BCUT2D eigenvalue weighted by atomic mass is 9.49. The molecular weight excluding hydrogens is 380 g/mol. The number of hydrogen-bond donors (Lipinski definition) is 2. The third-order valence-electron chi connectivity index (χ3n) is 6.57. The van der Waals surface area contributed by atoms with E-state index in [1.54, 1.807) is 6.92 Å². The minimum Gasteiger partial charge on any atom is -0.452 e. The first kappa shape index (κ1) is 19.4. The second-order valence-electron chi connectivity index (χ2n) is 8.80. The van der Waals surface area contributed by atoms with Gasteiger partial charge in [0, 0.05) is 5.69 Å². The second-order valence-corrected chi connectivity index (χ2v) is 10.4. The number of hydrogen-bond acceptors (Lipinski definition) is 5. The van der Waals surface area contributed by atoms with Crippen LogP contribution >= 0.6 is 0 Å². The first-order chi connectivity index (χ1) is 13.1. The summed E-state index contributed by atoms with van der Waals surface area (Å²) in [6.45, 7) is 1.56. The highest BCUT2D eigenvalue weighted by Gasteiger charge is 2.55. The van der Waals surface area contributed by atoms with Crippen molar-refractivity contribution < 1.29 is 22.7 Å². The summed E-state index contributed by atoms with van der Waals surface area (Å²) in [5.74, 6) is 1.20. The molecule has 0 saturated heterocycles. The Labute approximate surface area is 165 Å². The number of benzene rings is 1. The Morgan fingerprint density at radius 1 is 1.07 bits per heavy atom. The summed E-state index contributed by atoms with van der Waals surface area (Å²) in [6.07, 6.45) is 5.45. The molecule has 0 radical (unpaired) electrons. The molecule has 7 nitrogen and oxygen atoms in total. The van der Waals surface area contributed by atoms with Crippen molar-refractivity contribution in [2.75, 3.05) is 5.32 Å². The third-order valence-corrected chi connectivity index (χ3v) is 7.50. The predicted molar refractivity (Wildman–Crippen MR) is 103 cm³/mol. The van der Waals surface area contributed by atoms with Gasteiger partial charge >= 0.3 is 5.97 Å². The van der Waals surface area contributed by atoms with Crippen LogP contribution in [0.25, 0.3) is 0 Å². The maximum absolute atomic E-state index is 12.9. The fraction of sp³-hybridized carbons (Fsp3) is 0.600. The van der Waals surface area contributed by atoms with Gasteiger partial charge in [-0.1, -0.05) is 0 Å². The molecule has 4 fully saturated rings. The lowest BCUT2D eigenvalue weighted by molar-refractivity contribution is -0.177. The van der Waals surface area contributed by atoms with Crippen molar-refractivity contribution in [1.29, 1.82) is 0 Å². The van der Waals surface area contributed by atoms with E-state index in [1.165, 1.54) is 43.5 Å². The Morgan fingerprint density at radius 3 is 2.04 bits per heavy atom. The van der Waals surface area contributed by atoms with Crippen LogP contribution < -0.4 is 10.5 Å². The molecule has 5 rings (SSSR count). The van der Waals surface area contributed by atoms with Gasteiger partial charge in [0.15, 0.2) is 6.10 Å². The number of esters is 1. The van der Waals surface area contributed by atoms with Gasteiger partial charge in [-0.25, -0.2) is 13.6 Å². The maximum atomic E-state index is 12.9. The van der Waals surface area contributed by atoms with Crippen LogP contribution in [0.1, 0.15) is 45.4 Å². The van der Waals surface area contributed by atoms with Crippen LogP contribution in [0.3, 0.4) is 0 Å². The van der Waals surface area contributed by atoms with Crippen LogP contribution in [0.2, 0.25) is 0 Å². The normalized spacial score (nSPS) is 32.0. The highest BCUT2D eigenvalue weighted by Crippen LogP contribution is 2.60. The molecule has 1 atom stereocenters. The van der Waals surface area contributed by atoms with Crippen LogP contribution in [-0.2, 0) is 24.3 Å². The van der Waals surface area contributed by atoms with Gasteiger partial charge in [-0.15, -0.1) is 0 Å². The summed E-state index contributed by atoms with van der Waals surface area (Å²) in [5, 5.41) is 7.71. The number of anilines is 1. The number of amides is 1. The Hall–Kier alpha value is -1.93. The van der Waals surface area contributed by atoms with Gasteiger partial charge in [-0.2, -0.15) is 0 Å². The highest BCUT2D eigenvalue weighted by atomic mass is 32.2. The summed E-state index contributed by atoms with van der Waals surface area (Å²) in [4.78, 5) is 25.3. The first-order valence-electron chi connectivity index (χ1n) is 9.79. The lowest BCUT2D eigenvalue weighted by Crippen LogP contribution is -2.51. The minimum atomic E-state index is -3.78. The maximum Gasteiger partial charge on any atom is 0.312 e. The van der Waals surface area contributed by atoms with E-state index in [2.05, 4.69) is 5.32 Å². The van der Waals surface area contributed by atoms with E-state index in [-0.39, 0.29) is 10.9 Å². The van der Waals surface area contributed by atoms with E-state index in [9.17, 15) is 18.0 Å². The molecule has 4 saturated carbocycles. The zero-order valence-electron chi connectivity index (χ0n) is 15.9. The van der Waals surface area contributed by atoms with Crippen LogP contribution in [0.15, 0.2) is 29.2 Å². The number of ether oxygens (including phenoxy) is 1. The molecule has 152 valence electrons. The van der Waals surface area contributed by atoms with E-state index >= 15 is 0 Å². The van der Waals surface area contributed by atoms with Crippen LogP contribution in [0.4, 0.5) is 5.69 Å². The molecule has 0 aromatic heterocycles. The van der Waals surface area contributed by atoms with Gasteiger partial charge < -0.3 is 10.1 Å². The zero-order valence-corrected chi connectivity index (χ0v) is 16.7. The molecule has 0 unspecified atom stereocenters. The summed E-state index contributed by atoms with van der Waals surface area (Å²) >= 11 is 0. The average molecular weight is 407 g/mol. The monoisotopic (exact) mass is 406 g/mol. The van der Waals surface area contributed by atoms with Crippen molar-refractivity contribution in [1.82, 2.24) is 0 Å². The summed E-state index contributed by atoms with van der Waals surface area (Å²) < 4.78 is 28.2. The van der Waals surface area contributed by atoms with Gasteiger partial charge in [0.1, 0.15) is 0 Å². The summed E-state index contributed by atoms with van der Waals surface area (Å²) in [6, 6.07) is 5.53. The molecule has 28 heavy (non-hydrogen) atoms. The molecule has 4 aliphatic rings. The molecular formula is C20H26N2O5S. The second kappa shape index (κ2) is 6.84. The number of carbonyl (C=O) groups excluding carboxylic acids is 2. The number of rotatable bonds is 5. The average Bonchev–Trinajstić information content (AvgIpc) is 2.60. The third kappa shape index (κ3) is 3.67. The van der Waals surface area contributed by atoms with Crippen molar-refractivity contribution in [3.05, 3.63) is 24.3 Å². The summed E-state index contributed by atoms with van der Waals surface area (Å²) in [5.41, 5.74) is 0.00978. The fourth-order valence-corrected chi connectivity index (χ4v) is 6.19. The van der Waals surface area contributed by atoms with Crippen LogP contribution in [-0.4, -0.2) is 26.4 Å². The van der Waals surface area contributed by atoms with E-state index in [0.717, 1.165) is 19.3 Å². The van der Waals surface area contributed by atoms with E-state index in [4.69, 9.17) is 9.88 Å². The molecule has 0 aliphatic heterocycles. The Morgan fingerprint density at radius 2 is 1.57 bits per heavy atom. The van der Waals surface area contributed by atoms with Gasteiger partial charge in [-0.05, 0) is 87.5 Å². The molecule has 4 aliphatic carbocycles. The SMILES string of the molecule is C[C@H](OC(=O)C12CC3CC(CC(C3)C1)C2)C(=O)Nc1ccc(S(N)(=O)=O)cc1. The number of sulfonamides is 1. The summed E-state index contributed by atoms with van der Waals surface area (Å²) in [7, 11) is -3.78. The topological polar surface area (TPSA) is 116 Å². The van der Waals surface area contributed by atoms with Crippen LogP contribution in [0, 0.1) is 23.2 Å². The number of primary sulfonamides is 1. The predicted octanol–water partition coefficient (Wildman–Crippen LogP) is 2.42. The van der Waals surface area contributed by atoms with Gasteiger partial charge in [0.25, 0.3) is 5.91 Å². The highest BCUT2D eigenvalue weighted by molar-refractivity contribution is 7.89. The minimum absolute atomic E-state index is 0.0354. The number of nitrogens with two attached hydrogens (primary N) is 1. The molecule has 1 amide bonds. The smallest absolute Gasteiger partial charge is 0.312 e. The number of carbonyl (C=O) groups is 2. The standard InChI is InChI=1S/C20H26N2O5S/c1-12(18(23)22-16-2-4-17(5-3-16)28(21,25)26)27-19(24)20-9-13-6-14(10-20)8-15(7-13)11-20/h2-5,12-15H,6-11H2,1H3,(H,22,23)(H2,21,25,26)/t12-,13?,14?,15?,20?/m0/s1. The fourth-order valence-electron chi connectivity index (χ4n) is 5.67. The van der Waals surface area contributed by atoms with Crippen molar-refractivity contribution in [3.63, 3.8) is 0 Å². The molecule has 8 heteroatoms. The molecule has 3 N–H and O–H groups in total. The van der Waals surface area contributed by atoms with E-state index in [0.29, 0.717) is 23.4 Å². The van der Waals surface area contributed by atoms with Gasteiger partial charge in [0.05, 0.1) is 10.3 Å². The lowest BCUT2D eigenvalue weighted by Gasteiger charge is -2.55. The Kier molecular flexibility index (Phi) is 4.74. The van der Waals surface area contributed by atoms with Crippen molar-refractivity contribution in [2.24, 2.45) is 28.3 Å². The molecule has 1 aromatic carbocycles. The quantitative estimate of drug-likeness (QED) is 0.729. The molecule has 1 aromatic rings. The Bertz CT molecular complexity index is 858. The molecule has 4 bridgehead atoms. The van der Waals surface area contributed by atoms with Crippen molar-refractivity contribution >= 4 is 27.6 Å². The van der Waals surface area contributed by atoms with Crippen LogP contribution in [0.5, 0.6) is 0 Å². The van der Waals surface area contributed by atoms with Gasteiger partial charge in [-0.3, -0.25) is 9.59 Å². The molecule has 0 spiro atoms. The van der Waals surface area contributed by atoms with Crippen molar-refractivity contribution in [3.8, 4) is 0 Å². The van der Waals surface area contributed by atoms with Gasteiger partial charge in [0.2, 0.25) is 10.0 Å². The Balaban J connectivity index is 1.37. The first-order valence-corrected chi connectivity index (χ1v) is 11.3. The van der Waals surface area contributed by atoms with E-state index < -0.39 is 27.4 Å². The van der Waals surface area contributed by atoms with Crippen molar-refractivity contribution in [2.45, 2.75) is 56.4 Å².